The highest BCUT2D eigenvalue weighted by atomic mass is 35.5. The number of aromatic amines is 1. The Kier molecular flexibility index (Phi) is 4.67. The van der Waals surface area contributed by atoms with Crippen LogP contribution in [0.15, 0.2) is 12.4 Å². The van der Waals surface area contributed by atoms with Gasteiger partial charge in [-0.05, 0) is 55.3 Å². The quantitative estimate of drug-likeness (QED) is 0.492. The number of fused-ring (bicyclic) bond motifs is 6. The number of carbonyl (C=O) groups excluding carboxylic acids is 1. The fraction of sp³-hybridized carbons (Fsp3) is 0.391. The molecule has 0 atom stereocenters. The number of carbonyl (C=O) groups is 1. The van der Waals surface area contributed by atoms with E-state index < -0.39 is 5.82 Å². The topological polar surface area (TPSA) is 105 Å². The van der Waals surface area contributed by atoms with E-state index in [0.29, 0.717) is 54.2 Å². The van der Waals surface area contributed by atoms with Crippen LogP contribution < -0.4 is 10.6 Å². The maximum Gasteiger partial charge on any atom is 0.253 e. The largest absolute Gasteiger partial charge is 0.377 e. The molecule has 2 aliphatic carbocycles. The van der Waals surface area contributed by atoms with Crippen LogP contribution in [0.2, 0.25) is 5.28 Å². The maximum atomic E-state index is 15.9. The van der Waals surface area contributed by atoms with Gasteiger partial charge in [0.15, 0.2) is 11.6 Å². The molecule has 1 amide bonds. The number of aryl methyl sites for hydroxylation is 1. The molecule has 6 rings (SSSR count). The number of hydrogen-bond acceptors (Lipinski definition) is 6. The summed E-state index contributed by atoms with van der Waals surface area (Å²) in [6.07, 6.45) is 6.57. The summed E-state index contributed by atoms with van der Waals surface area (Å²) in [4.78, 5) is 28.7. The van der Waals surface area contributed by atoms with Crippen molar-refractivity contribution in [3.8, 4) is 11.3 Å². The van der Waals surface area contributed by atoms with Crippen molar-refractivity contribution in [3.05, 3.63) is 51.4 Å². The van der Waals surface area contributed by atoms with E-state index in [0.717, 1.165) is 29.7 Å². The minimum Gasteiger partial charge on any atom is -0.377 e. The van der Waals surface area contributed by atoms with Gasteiger partial charge in [0.05, 0.1) is 17.9 Å². The molecule has 3 N–H and O–H groups in total. The fourth-order valence-corrected chi connectivity index (χ4v) is 5.04. The second kappa shape index (κ2) is 7.50. The predicted octanol–water partition coefficient (Wildman–Crippen LogP) is 3.81. The van der Waals surface area contributed by atoms with Gasteiger partial charge in [-0.15, -0.1) is 0 Å². The molecule has 4 heterocycles. The zero-order chi connectivity index (χ0) is 22.7. The summed E-state index contributed by atoms with van der Waals surface area (Å²) < 4.78 is 21.4. The molecule has 0 bridgehead atoms. The number of nitrogens with zero attached hydrogens (tertiary/aromatic N) is 3. The Morgan fingerprint density at radius 1 is 1.21 bits per heavy atom. The number of amides is 1. The van der Waals surface area contributed by atoms with E-state index in [2.05, 4.69) is 30.6 Å². The predicted molar refractivity (Wildman–Crippen MR) is 120 cm³/mol. The first-order valence-electron chi connectivity index (χ1n) is 11.1. The van der Waals surface area contributed by atoms with E-state index in [9.17, 15) is 4.79 Å². The van der Waals surface area contributed by atoms with Gasteiger partial charge in [0.25, 0.3) is 5.91 Å². The van der Waals surface area contributed by atoms with Crippen molar-refractivity contribution in [1.29, 1.82) is 0 Å². The second-order valence-corrected chi connectivity index (χ2v) is 9.13. The van der Waals surface area contributed by atoms with E-state index in [-0.39, 0.29) is 29.0 Å². The van der Waals surface area contributed by atoms with E-state index in [1.807, 2.05) is 6.92 Å². The van der Waals surface area contributed by atoms with Crippen LogP contribution in [0.25, 0.3) is 11.3 Å². The van der Waals surface area contributed by atoms with Crippen LogP contribution in [0.1, 0.15) is 52.5 Å². The van der Waals surface area contributed by atoms with Crippen molar-refractivity contribution in [3.63, 3.8) is 0 Å². The molecule has 0 aromatic carbocycles. The fourth-order valence-electron chi connectivity index (χ4n) is 4.91. The standard InChI is InChI=1S/C23H22ClFN6O2/c1-2-33-9-12-8-27-22(24)31-19(12)30-20-16(25)14-11(7-26-20)3-4-13-15-18(29-17(13)14)23(5-6-23)10-28-21(15)32/h7-8,29H,2-6,9-10H2,1H3,(H,28,32)(H,26,27,30,31). The summed E-state index contributed by atoms with van der Waals surface area (Å²) in [5.74, 6) is -0.193. The van der Waals surface area contributed by atoms with Gasteiger partial charge in [-0.3, -0.25) is 4.79 Å². The lowest BCUT2D eigenvalue weighted by molar-refractivity contribution is 0.0936. The molecule has 3 aliphatic rings. The van der Waals surface area contributed by atoms with Crippen LogP contribution in [0, 0.1) is 5.82 Å². The molecule has 0 saturated heterocycles. The molecule has 0 radical (unpaired) electrons. The summed E-state index contributed by atoms with van der Waals surface area (Å²) in [5.41, 5.74) is 5.11. The number of anilines is 2. The third kappa shape index (κ3) is 3.21. The Balaban J connectivity index is 1.44. The molecular formula is C23H22ClFN6O2. The molecule has 10 heteroatoms. The summed E-state index contributed by atoms with van der Waals surface area (Å²) in [6.45, 7) is 3.29. The molecule has 1 saturated carbocycles. The minimum atomic E-state index is -0.491. The lowest BCUT2D eigenvalue weighted by Gasteiger charge is -2.23. The molecule has 8 nitrogen and oxygen atoms in total. The molecular weight excluding hydrogens is 447 g/mol. The number of aromatic nitrogens is 4. The summed E-state index contributed by atoms with van der Waals surface area (Å²) in [5, 5.41) is 6.04. The Morgan fingerprint density at radius 2 is 2.06 bits per heavy atom. The van der Waals surface area contributed by atoms with Crippen LogP contribution in [0.5, 0.6) is 0 Å². The van der Waals surface area contributed by atoms with E-state index in [4.69, 9.17) is 16.3 Å². The number of halogens is 2. The summed E-state index contributed by atoms with van der Waals surface area (Å²) in [7, 11) is 0. The lowest BCUT2D eigenvalue weighted by Crippen LogP contribution is -2.39. The molecule has 1 fully saturated rings. The van der Waals surface area contributed by atoms with Crippen molar-refractivity contribution in [1.82, 2.24) is 25.3 Å². The second-order valence-electron chi connectivity index (χ2n) is 8.79. The van der Waals surface area contributed by atoms with Gasteiger partial charge < -0.3 is 20.4 Å². The van der Waals surface area contributed by atoms with E-state index >= 15 is 4.39 Å². The van der Waals surface area contributed by atoms with Crippen molar-refractivity contribution < 1.29 is 13.9 Å². The first-order valence-corrected chi connectivity index (χ1v) is 11.5. The highest BCUT2D eigenvalue weighted by molar-refractivity contribution is 6.28. The van der Waals surface area contributed by atoms with Crippen LogP contribution in [0.4, 0.5) is 16.0 Å². The molecule has 33 heavy (non-hydrogen) atoms. The van der Waals surface area contributed by atoms with E-state index in [1.165, 1.54) is 0 Å². The van der Waals surface area contributed by atoms with Crippen molar-refractivity contribution in [2.75, 3.05) is 18.5 Å². The monoisotopic (exact) mass is 468 g/mol. The van der Waals surface area contributed by atoms with Gasteiger partial charge in [0, 0.05) is 47.8 Å². The van der Waals surface area contributed by atoms with Gasteiger partial charge in [-0.1, -0.05) is 0 Å². The highest BCUT2D eigenvalue weighted by Gasteiger charge is 2.51. The average Bonchev–Trinajstić information content (AvgIpc) is 3.48. The van der Waals surface area contributed by atoms with Gasteiger partial charge in [0.1, 0.15) is 5.82 Å². The molecule has 1 spiro atoms. The molecule has 0 unspecified atom stereocenters. The minimum absolute atomic E-state index is 0.0305. The molecule has 3 aromatic heterocycles. The summed E-state index contributed by atoms with van der Waals surface area (Å²) >= 11 is 5.98. The Morgan fingerprint density at radius 3 is 2.85 bits per heavy atom. The van der Waals surface area contributed by atoms with Crippen molar-refractivity contribution in [2.24, 2.45) is 0 Å². The smallest absolute Gasteiger partial charge is 0.253 e. The average molecular weight is 469 g/mol. The number of ether oxygens (including phenoxy) is 1. The zero-order valence-corrected chi connectivity index (χ0v) is 18.8. The number of H-pyrrole nitrogens is 1. The molecule has 170 valence electrons. The van der Waals surface area contributed by atoms with Crippen LogP contribution >= 0.6 is 11.6 Å². The van der Waals surface area contributed by atoms with E-state index in [1.54, 1.807) is 12.4 Å². The third-order valence-electron chi connectivity index (χ3n) is 6.83. The number of nitrogens with one attached hydrogen (secondary N) is 3. The zero-order valence-electron chi connectivity index (χ0n) is 18.0. The van der Waals surface area contributed by atoms with Gasteiger partial charge in [0.2, 0.25) is 5.28 Å². The lowest BCUT2D eigenvalue weighted by atomic mass is 9.86. The van der Waals surface area contributed by atoms with Gasteiger partial charge in [-0.25, -0.2) is 19.3 Å². The maximum absolute atomic E-state index is 15.9. The molecule has 1 aliphatic heterocycles. The first kappa shape index (κ1) is 20.6. The van der Waals surface area contributed by atoms with Crippen LogP contribution in [-0.2, 0) is 29.6 Å². The number of hydrogen-bond donors (Lipinski definition) is 3. The third-order valence-corrected chi connectivity index (χ3v) is 7.01. The normalized spacial score (nSPS) is 17.2. The highest BCUT2D eigenvalue weighted by Crippen LogP contribution is 2.53. The number of pyridine rings is 1. The van der Waals surface area contributed by atoms with Crippen molar-refractivity contribution in [2.45, 2.75) is 44.6 Å². The van der Waals surface area contributed by atoms with Gasteiger partial charge >= 0.3 is 0 Å². The van der Waals surface area contributed by atoms with Crippen LogP contribution in [-0.4, -0.2) is 39.0 Å². The Hall–Kier alpha value is -3.04. The first-order chi connectivity index (χ1) is 16.0. The van der Waals surface area contributed by atoms with Crippen LogP contribution in [0.3, 0.4) is 0 Å². The number of rotatable bonds is 5. The Bertz CT molecular complexity index is 1300. The van der Waals surface area contributed by atoms with Gasteiger partial charge in [-0.2, -0.15) is 0 Å². The SMILES string of the molecule is CCOCc1cnc(Cl)nc1Nc1ncc2c(c1F)-c1[nH]c3c(c1CC2)C(=O)NCC31CC1. The Labute approximate surface area is 194 Å². The molecule has 3 aromatic rings. The summed E-state index contributed by atoms with van der Waals surface area (Å²) in [6, 6.07) is 0. The van der Waals surface area contributed by atoms with Crippen molar-refractivity contribution >= 4 is 29.1 Å².